The summed E-state index contributed by atoms with van der Waals surface area (Å²) in [5, 5.41) is 10.6. The van der Waals surface area contributed by atoms with Crippen molar-refractivity contribution in [1.29, 1.82) is 0 Å². The van der Waals surface area contributed by atoms with E-state index in [1.165, 1.54) is 41.3 Å². The van der Waals surface area contributed by atoms with E-state index in [0.717, 1.165) is 6.07 Å². The molecule has 1 aromatic carbocycles. The van der Waals surface area contributed by atoms with Gasteiger partial charge in [0, 0.05) is 0 Å². The molecule has 0 spiro atoms. The van der Waals surface area contributed by atoms with Crippen molar-refractivity contribution in [2.24, 2.45) is 0 Å². The van der Waals surface area contributed by atoms with E-state index in [4.69, 9.17) is 0 Å². The third kappa shape index (κ3) is 2.94. The number of alkyl halides is 3. The molecule has 1 N–H and O–H groups in total. The van der Waals surface area contributed by atoms with Crippen LogP contribution >= 0.6 is 23.1 Å². The van der Waals surface area contributed by atoms with E-state index in [2.05, 4.69) is 15.5 Å². The van der Waals surface area contributed by atoms with Crippen molar-refractivity contribution in [3.8, 4) is 0 Å². The fourth-order valence-corrected chi connectivity index (χ4v) is 2.48. The van der Waals surface area contributed by atoms with Crippen molar-refractivity contribution >= 4 is 33.9 Å². The number of hydrogen-bond donors (Lipinski definition) is 1. The fraction of sp³-hybridized carbons (Fsp3) is 0.200. The predicted octanol–water partition coefficient (Wildman–Crippen LogP) is 4.02. The van der Waals surface area contributed by atoms with Gasteiger partial charge >= 0.3 is 6.18 Å². The lowest BCUT2D eigenvalue weighted by Gasteiger charge is -2.12. The number of thioether (sulfide) groups is 1. The summed E-state index contributed by atoms with van der Waals surface area (Å²) in [5.41, 5.74) is -0.736. The topological polar surface area (TPSA) is 37.8 Å². The van der Waals surface area contributed by atoms with Crippen molar-refractivity contribution in [2.75, 3.05) is 11.6 Å². The Bertz CT molecular complexity index is 539. The number of benzene rings is 1. The molecule has 0 bridgehead atoms. The van der Waals surface area contributed by atoms with Gasteiger partial charge < -0.3 is 5.32 Å². The summed E-state index contributed by atoms with van der Waals surface area (Å²) in [6.07, 6.45) is -2.56. The van der Waals surface area contributed by atoms with Gasteiger partial charge in [-0.1, -0.05) is 35.2 Å². The van der Waals surface area contributed by atoms with Crippen LogP contribution in [0.15, 0.2) is 28.6 Å². The van der Waals surface area contributed by atoms with E-state index in [0.29, 0.717) is 9.47 Å². The van der Waals surface area contributed by atoms with E-state index >= 15 is 0 Å². The number of hydrogen-bond acceptors (Lipinski definition) is 5. The highest BCUT2D eigenvalue weighted by molar-refractivity contribution is 8.00. The molecule has 0 atom stereocenters. The molecule has 0 radical (unpaired) electrons. The van der Waals surface area contributed by atoms with Crippen LogP contribution in [0.5, 0.6) is 0 Å². The van der Waals surface area contributed by atoms with Crippen LogP contribution in [0, 0.1) is 0 Å². The van der Waals surface area contributed by atoms with Crippen molar-refractivity contribution in [3.05, 3.63) is 29.8 Å². The Kier molecular flexibility index (Phi) is 3.76. The molecule has 0 fully saturated rings. The zero-order chi connectivity index (χ0) is 13.2. The van der Waals surface area contributed by atoms with Gasteiger partial charge in [-0.15, -0.1) is 10.2 Å². The summed E-state index contributed by atoms with van der Waals surface area (Å²) >= 11 is 2.60. The maximum atomic E-state index is 12.7. The van der Waals surface area contributed by atoms with Crippen molar-refractivity contribution in [1.82, 2.24) is 10.2 Å². The number of anilines is 2. The molecular weight excluding hydrogens is 283 g/mol. The number of rotatable bonds is 3. The van der Waals surface area contributed by atoms with E-state index in [-0.39, 0.29) is 5.69 Å². The van der Waals surface area contributed by atoms with Gasteiger partial charge in [0.1, 0.15) is 0 Å². The van der Waals surface area contributed by atoms with E-state index in [9.17, 15) is 13.2 Å². The summed E-state index contributed by atoms with van der Waals surface area (Å²) in [5.74, 6) is 0. The quantitative estimate of drug-likeness (QED) is 0.867. The standard InChI is InChI=1S/C10H8F3N3S2/c1-17-9-16-15-8(18-9)14-7-5-3-2-4-6(7)10(11,12)13/h2-5H,1H3,(H,14,15). The Morgan fingerprint density at radius 2 is 1.94 bits per heavy atom. The van der Waals surface area contributed by atoms with Crippen LogP contribution in [-0.4, -0.2) is 16.5 Å². The van der Waals surface area contributed by atoms with Gasteiger partial charge in [-0.3, -0.25) is 0 Å². The van der Waals surface area contributed by atoms with E-state index in [1.807, 2.05) is 6.26 Å². The maximum Gasteiger partial charge on any atom is 0.418 e. The van der Waals surface area contributed by atoms with Gasteiger partial charge in [0.15, 0.2) is 4.34 Å². The lowest BCUT2D eigenvalue weighted by molar-refractivity contribution is -0.136. The average Bonchev–Trinajstić information content (AvgIpc) is 2.76. The smallest absolute Gasteiger partial charge is 0.330 e. The number of para-hydroxylation sites is 1. The molecule has 8 heteroatoms. The average molecular weight is 291 g/mol. The minimum absolute atomic E-state index is 0.0196. The molecule has 0 aliphatic heterocycles. The first kappa shape index (κ1) is 13.2. The molecule has 96 valence electrons. The first-order valence-electron chi connectivity index (χ1n) is 4.81. The van der Waals surface area contributed by atoms with Crippen LogP contribution in [-0.2, 0) is 6.18 Å². The number of halogens is 3. The molecule has 0 amide bonds. The molecule has 1 aromatic heterocycles. The zero-order valence-corrected chi connectivity index (χ0v) is 10.8. The number of nitrogens with zero attached hydrogens (tertiary/aromatic N) is 2. The monoisotopic (exact) mass is 291 g/mol. The normalized spacial score (nSPS) is 11.6. The Labute approximate surface area is 109 Å². The van der Waals surface area contributed by atoms with E-state index < -0.39 is 11.7 Å². The van der Waals surface area contributed by atoms with Crippen LogP contribution in [0.3, 0.4) is 0 Å². The molecule has 3 nitrogen and oxygen atoms in total. The Hall–Kier alpha value is -1.28. The van der Waals surface area contributed by atoms with Crippen LogP contribution in [0.1, 0.15) is 5.56 Å². The van der Waals surface area contributed by atoms with Crippen LogP contribution in [0.2, 0.25) is 0 Å². The number of aromatic nitrogens is 2. The Morgan fingerprint density at radius 1 is 1.22 bits per heavy atom. The van der Waals surface area contributed by atoms with Gasteiger partial charge in [0.25, 0.3) is 0 Å². The second kappa shape index (κ2) is 5.15. The lowest BCUT2D eigenvalue weighted by Crippen LogP contribution is -2.08. The molecule has 2 rings (SSSR count). The third-order valence-corrected chi connectivity index (χ3v) is 3.87. The van der Waals surface area contributed by atoms with Gasteiger partial charge in [0.05, 0.1) is 11.3 Å². The summed E-state index contributed by atoms with van der Waals surface area (Å²) in [6.45, 7) is 0. The second-order valence-corrected chi connectivity index (χ2v) is 5.28. The summed E-state index contributed by atoms with van der Waals surface area (Å²) in [6, 6.07) is 5.28. The van der Waals surface area contributed by atoms with Crippen LogP contribution in [0.4, 0.5) is 24.0 Å². The molecule has 0 saturated carbocycles. The summed E-state index contributed by atoms with van der Waals surface area (Å²) in [4.78, 5) is 0. The van der Waals surface area contributed by atoms with Gasteiger partial charge in [0.2, 0.25) is 5.13 Å². The highest BCUT2D eigenvalue weighted by Gasteiger charge is 2.33. The van der Waals surface area contributed by atoms with Crippen molar-refractivity contribution in [3.63, 3.8) is 0 Å². The number of nitrogens with one attached hydrogen (secondary N) is 1. The van der Waals surface area contributed by atoms with E-state index in [1.54, 1.807) is 0 Å². The first-order chi connectivity index (χ1) is 8.50. The van der Waals surface area contributed by atoms with Crippen molar-refractivity contribution in [2.45, 2.75) is 10.5 Å². The fourth-order valence-electron chi connectivity index (χ4n) is 1.30. The summed E-state index contributed by atoms with van der Waals surface area (Å²) in [7, 11) is 0. The highest BCUT2D eigenvalue weighted by atomic mass is 32.2. The van der Waals surface area contributed by atoms with Gasteiger partial charge in [-0.05, 0) is 18.4 Å². The molecule has 0 aliphatic carbocycles. The predicted molar refractivity (Wildman–Crippen MR) is 66.4 cm³/mol. The highest BCUT2D eigenvalue weighted by Crippen LogP contribution is 2.36. The van der Waals surface area contributed by atoms with Crippen LogP contribution in [0.25, 0.3) is 0 Å². The first-order valence-corrected chi connectivity index (χ1v) is 6.85. The second-order valence-electron chi connectivity index (χ2n) is 3.25. The zero-order valence-electron chi connectivity index (χ0n) is 9.15. The summed E-state index contributed by atoms with van der Waals surface area (Å²) < 4.78 is 38.9. The van der Waals surface area contributed by atoms with Gasteiger partial charge in [-0.25, -0.2) is 0 Å². The third-order valence-electron chi connectivity index (χ3n) is 2.06. The minimum Gasteiger partial charge on any atom is -0.330 e. The maximum absolute atomic E-state index is 12.7. The molecule has 0 aliphatic rings. The molecule has 18 heavy (non-hydrogen) atoms. The largest absolute Gasteiger partial charge is 0.418 e. The van der Waals surface area contributed by atoms with Crippen molar-refractivity contribution < 1.29 is 13.2 Å². The molecule has 0 unspecified atom stereocenters. The minimum atomic E-state index is -4.39. The van der Waals surface area contributed by atoms with Crippen LogP contribution < -0.4 is 5.32 Å². The lowest BCUT2D eigenvalue weighted by atomic mass is 10.2. The van der Waals surface area contributed by atoms with Gasteiger partial charge in [-0.2, -0.15) is 13.2 Å². The molecule has 2 aromatic rings. The molecular formula is C10H8F3N3S2. The Morgan fingerprint density at radius 3 is 2.56 bits per heavy atom. The SMILES string of the molecule is CSc1nnc(Nc2ccccc2C(F)(F)F)s1. The molecule has 0 saturated heterocycles. The Balaban J connectivity index is 2.29. The molecule has 1 heterocycles.